The van der Waals surface area contributed by atoms with Gasteiger partial charge in [-0.25, -0.2) is 0 Å². The maximum atomic E-state index is 12.9. The van der Waals surface area contributed by atoms with Gasteiger partial charge in [0, 0.05) is 43.9 Å². The van der Waals surface area contributed by atoms with Crippen LogP contribution >= 0.6 is 0 Å². The number of hydrogen-bond acceptors (Lipinski definition) is 4. The Bertz CT molecular complexity index is 659. The molecular weight excluding hydrogens is 328 g/mol. The number of amides is 1. The number of ether oxygens (including phenoxy) is 2. The molecule has 5 rings (SSSR count). The third kappa shape index (κ3) is 3.41. The van der Waals surface area contributed by atoms with Gasteiger partial charge in [0.25, 0.3) is 0 Å². The molecule has 1 saturated carbocycles. The summed E-state index contributed by atoms with van der Waals surface area (Å²) < 4.78 is 10.9. The van der Waals surface area contributed by atoms with Gasteiger partial charge in [0.05, 0.1) is 20.1 Å². The second-order valence-corrected chi connectivity index (χ2v) is 8.09. The molecule has 4 fully saturated rings. The van der Waals surface area contributed by atoms with E-state index in [1.807, 2.05) is 12.1 Å². The van der Waals surface area contributed by atoms with Gasteiger partial charge in [0.1, 0.15) is 11.5 Å². The van der Waals surface area contributed by atoms with Crippen molar-refractivity contribution in [3.8, 4) is 11.5 Å². The predicted octanol–water partition coefficient (Wildman–Crippen LogP) is 2.93. The summed E-state index contributed by atoms with van der Waals surface area (Å²) in [7, 11) is 3.37. The van der Waals surface area contributed by atoms with E-state index in [9.17, 15) is 4.79 Å². The molecule has 0 aromatic heterocycles. The lowest BCUT2D eigenvalue weighted by Crippen LogP contribution is -2.50. The Balaban J connectivity index is 1.48. The van der Waals surface area contributed by atoms with E-state index in [1.165, 1.54) is 19.3 Å². The van der Waals surface area contributed by atoms with Gasteiger partial charge in [0.15, 0.2) is 0 Å². The average Bonchev–Trinajstić information content (AvgIpc) is 2.89. The second-order valence-electron chi connectivity index (χ2n) is 8.09. The molecule has 2 atom stereocenters. The number of hydrogen-bond donors (Lipinski definition) is 0. The van der Waals surface area contributed by atoms with Crippen LogP contribution in [0.25, 0.3) is 0 Å². The highest BCUT2D eigenvalue weighted by molar-refractivity contribution is 5.80. The zero-order chi connectivity index (χ0) is 18.1. The molecule has 0 N–H and O–H groups in total. The zero-order valence-electron chi connectivity index (χ0n) is 15.9. The van der Waals surface area contributed by atoms with E-state index in [0.29, 0.717) is 11.9 Å². The molecular formula is C21H30N2O3. The highest BCUT2D eigenvalue weighted by Gasteiger charge is 2.41. The minimum absolute atomic E-state index is 0.165. The fraction of sp³-hybridized carbons (Fsp3) is 0.667. The number of rotatable bonds is 6. The molecule has 1 aromatic rings. The van der Waals surface area contributed by atoms with Crippen LogP contribution in [0.3, 0.4) is 0 Å². The minimum atomic E-state index is 0.165. The predicted molar refractivity (Wildman–Crippen MR) is 100 cm³/mol. The summed E-state index contributed by atoms with van der Waals surface area (Å²) in [5.41, 5.74) is 1.16. The Kier molecular flexibility index (Phi) is 5.07. The molecule has 5 nitrogen and oxygen atoms in total. The van der Waals surface area contributed by atoms with Crippen molar-refractivity contribution in [2.24, 2.45) is 11.8 Å². The average molecular weight is 358 g/mol. The van der Waals surface area contributed by atoms with E-state index in [1.54, 1.807) is 14.2 Å². The van der Waals surface area contributed by atoms with Crippen LogP contribution in [0.2, 0.25) is 0 Å². The number of nitrogens with zero attached hydrogens (tertiary/aromatic N) is 2. The molecule has 2 bridgehead atoms. The second kappa shape index (κ2) is 7.47. The Morgan fingerprint density at radius 1 is 1.08 bits per heavy atom. The number of carbonyl (C=O) groups excluding carboxylic acids is 1. The topological polar surface area (TPSA) is 42.0 Å². The third-order valence-electron chi connectivity index (χ3n) is 6.44. The fourth-order valence-corrected chi connectivity index (χ4v) is 4.68. The molecule has 0 unspecified atom stereocenters. The van der Waals surface area contributed by atoms with Gasteiger partial charge >= 0.3 is 0 Å². The molecule has 3 heterocycles. The summed E-state index contributed by atoms with van der Waals surface area (Å²) in [6, 6.07) is 6.39. The van der Waals surface area contributed by atoms with Crippen molar-refractivity contribution in [3.63, 3.8) is 0 Å². The number of piperidine rings is 1. The van der Waals surface area contributed by atoms with Crippen LogP contribution in [-0.4, -0.2) is 55.6 Å². The molecule has 3 aliphatic heterocycles. The molecule has 1 amide bonds. The van der Waals surface area contributed by atoms with Gasteiger partial charge < -0.3 is 14.4 Å². The van der Waals surface area contributed by atoms with Crippen LogP contribution in [0.4, 0.5) is 0 Å². The van der Waals surface area contributed by atoms with E-state index < -0.39 is 0 Å². The summed E-state index contributed by atoms with van der Waals surface area (Å²) in [6.07, 6.45) is 6.13. The van der Waals surface area contributed by atoms with Crippen molar-refractivity contribution >= 4 is 5.91 Å². The first-order chi connectivity index (χ1) is 12.7. The highest BCUT2D eigenvalue weighted by Crippen LogP contribution is 2.35. The molecule has 1 aromatic carbocycles. The normalized spacial score (nSPS) is 26.5. The van der Waals surface area contributed by atoms with Crippen molar-refractivity contribution in [3.05, 3.63) is 23.8 Å². The van der Waals surface area contributed by atoms with E-state index in [-0.39, 0.29) is 5.92 Å². The number of benzene rings is 1. The highest BCUT2D eigenvalue weighted by atomic mass is 16.5. The van der Waals surface area contributed by atoms with Gasteiger partial charge in [-0.15, -0.1) is 0 Å². The summed E-state index contributed by atoms with van der Waals surface area (Å²) in [5, 5.41) is 0. The van der Waals surface area contributed by atoms with Crippen molar-refractivity contribution in [2.45, 2.75) is 44.7 Å². The van der Waals surface area contributed by atoms with Gasteiger partial charge in [-0.2, -0.15) is 0 Å². The standard InChI is InChI=1S/C21H30N2O3/c1-25-19-9-7-16(20(10-19)26-2)12-22-13-17-6-8-18(14-22)23(21(17)24)11-15-4-3-5-15/h7,9-10,15,17-18H,3-6,8,11-14H2,1-2H3/t17-,18+/m0/s1. The van der Waals surface area contributed by atoms with E-state index >= 15 is 0 Å². The first-order valence-electron chi connectivity index (χ1n) is 9.91. The van der Waals surface area contributed by atoms with Gasteiger partial charge in [0.2, 0.25) is 5.91 Å². The van der Waals surface area contributed by atoms with Crippen LogP contribution in [0.5, 0.6) is 11.5 Å². The molecule has 142 valence electrons. The molecule has 1 aliphatic carbocycles. The Labute approximate surface area is 156 Å². The Morgan fingerprint density at radius 3 is 2.62 bits per heavy atom. The monoisotopic (exact) mass is 358 g/mol. The summed E-state index contributed by atoms with van der Waals surface area (Å²) in [6.45, 7) is 3.65. The number of methoxy groups -OCH3 is 2. The van der Waals surface area contributed by atoms with Gasteiger partial charge in [-0.05, 0) is 37.7 Å². The van der Waals surface area contributed by atoms with Crippen molar-refractivity contribution < 1.29 is 14.3 Å². The number of fused-ring (bicyclic) bond motifs is 4. The van der Waals surface area contributed by atoms with Crippen LogP contribution in [0.1, 0.15) is 37.7 Å². The lowest BCUT2D eigenvalue weighted by molar-refractivity contribution is -0.141. The lowest BCUT2D eigenvalue weighted by Gasteiger charge is -2.40. The first kappa shape index (κ1) is 17.7. The molecule has 3 saturated heterocycles. The third-order valence-corrected chi connectivity index (χ3v) is 6.44. The lowest BCUT2D eigenvalue weighted by atomic mass is 9.83. The van der Waals surface area contributed by atoms with Crippen LogP contribution in [-0.2, 0) is 11.3 Å². The Hall–Kier alpha value is -1.75. The molecule has 26 heavy (non-hydrogen) atoms. The van der Waals surface area contributed by atoms with E-state index in [2.05, 4.69) is 15.9 Å². The Morgan fingerprint density at radius 2 is 1.92 bits per heavy atom. The van der Waals surface area contributed by atoms with Crippen molar-refractivity contribution in [1.29, 1.82) is 0 Å². The first-order valence-corrected chi connectivity index (χ1v) is 9.91. The maximum Gasteiger partial charge on any atom is 0.227 e. The summed E-state index contributed by atoms with van der Waals surface area (Å²) >= 11 is 0. The van der Waals surface area contributed by atoms with Crippen LogP contribution < -0.4 is 9.47 Å². The van der Waals surface area contributed by atoms with Crippen LogP contribution in [0.15, 0.2) is 18.2 Å². The van der Waals surface area contributed by atoms with Crippen molar-refractivity contribution in [1.82, 2.24) is 9.80 Å². The van der Waals surface area contributed by atoms with Crippen LogP contribution in [0, 0.1) is 11.8 Å². The SMILES string of the molecule is COc1ccc(CN2C[C@@H]3CC[C@H](C2)N(CC2CCC2)C3=O)c(OC)c1. The summed E-state index contributed by atoms with van der Waals surface area (Å²) in [5.74, 6) is 2.98. The molecule has 0 radical (unpaired) electrons. The summed E-state index contributed by atoms with van der Waals surface area (Å²) in [4.78, 5) is 17.6. The van der Waals surface area contributed by atoms with E-state index in [4.69, 9.17) is 9.47 Å². The molecule has 5 heteroatoms. The van der Waals surface area contributed by atoms with Gasteiger partial charge in [-0.1, -0.05) is 12.5 Å². The molecule has 4 aliphatic rings. The maximum absolute atomic E-state index is 12.9. The minimum Gasteiger partial charge on any atom is -0.497 e. The smallest absolute Gasteiger partial charge is 0.227 e. The molecule has 0 spiro atoms. The van der Waals surface area contributed by atoms with E-state index in [0.717, 1.165) is 62.0 Å². The van der Waals surface area contributed by atoms with Crippen molar-refractivity contribution in [2.75, 3.05) is 33.9 Å². The largest absolute Gasteiger partial charge is 0.497 e. The fourth-order valence-electron chi connectivity index (χ4n) is 4.68. The zero-order valence-corrected chi connectivity index (χ0v) is 15.9. The quantitative estimate of drug-likeness (QED) is 0.784. The van der Waals surface area contributed by atoms with Gasteiger partial charge in [-0.3, -0.25) is 9.69 Å². The number of carbonyl (C=O) groups is 1.